The Labute approximate surface area is 119 Å². The van der Waals surface area contributed by atoms with Gasteiger partial charge in [0.05, 0.1) is 36.2 Å². The number of amidine groups is 1. The Morgan fingerprint density at radius 2 is 2.35 bits per heavy atom. The lowest BCUT2D eigenvalue weighted by Gasteiger charge is -2.38. The Morgan fingerprint density at radius 3 is 3.00 bits per heavy atom. The fraction of sp³-hybridized carbons (Fsp3) is 0.571. The predicted octanol–water partition coefficient (Wildman–Crippen LogP) is 1.41. The van der Waals surface area contributed by atoms with Gasteiger partial charge in [0.25, 0.3) is 0 Å². The second-order valence-electron chi connectivity index (χ2n) is 5.06. The van der Waals surface area contributed by atoms with E-state index >= 15 is 0 Å². The molecule has 0 radical (unpaired) electrons. The highest BCUT2D eigenvalue weighted by molar-refractivity contribution is 6.03. The van der Waals surface area contributed by atoms with Crippen molar-refractivity contribution < 1.29 is 9.94 Å². The first-order valence-electron chi connectivity index (χ1n) is 6.89. The van der Waals surface area contributed by atoms with E-state index in [0.29, 0.717) is 24.8 Å². The molecule has 0 aromatic carbocycles. The van der Waals surface area contributed by atoms with Crippen LogP contribution in [-0.4, -0.2) is 41.8 Å². The van der Waals surface area contributed by atoms with Gasteiger partial charge in [0.2, 0.25) is 0 Å². The van der Waals surface area contributed by atoms with E-state index in [-0.39, 0.29) is 5.84 Å². The third-order valence-corrected chi connectivity index (χ3v) is 3.68. The van der Waals surface area contributed by atoms with Crippen molar-refractivity contribution in [3.63, 3.8) is 0 Å². The molecule has 0 amide bonds. The van der Waals surface area contributed by atoms with Crippen LogP contribution < -0.4 is 10.6 Å². The molecule has 0 bridgehead atoms. The zero-order chi connectivity index (χ0) is 14.7. The minimum absolute atomic E-state index is 0.103. The second-order valence-corrected chi connectivity index (χ2v) is 5.06. The standard InChI is InChI=1S/C14H22N4O2/c1-4-11-8-20-6-5-18(11)12-7-9(2)16-10(3)13(12)14(15)17-19/h7,11,19H,4-6,8H2,1-3H3,(H2,15,17). The van der Waals surface area contributed by atoms with Gasteiger partial charge in [-0.15, -0.1) is 0 Å². The maximum atomic E-state index is 9.02. The summed E-state index contributed by atoms with van der Waals surface area (Å²) in [4.78, 5) is 6.70. The zero-order valence-electron chi connectivity index (χ0n) is 12.3. The van der Waals surface area contributed by atoms with Crippen LogP contribution in [0.15, 0.2) is 11.2 Å². The van der Waals surface area contributed by atoms with Gasteiger partial charge in [-0.2, -0.15) is 0 Å². The molecule has 1 aromatic rings. The number of aryl methyl sites for hydroxylation is 2. The van der Waals surface area contributed by atoms with E-state index in [1.54, 1.807) is 0 Å². The van der Waals surface area contributed by atoms with Crippen LogP contribution in [0.3, 0.4) is 0 Å². The third kappa shape index (κ3) is 2.70. The number of anilines is 1. The summed E-state index contributed by atoms with van der Waals surface area (Å²) in [7, 11) is 0. The minimum atomic E-state index is 0.103. The summed E-state index contributed by atoms with van der Waals surface area (Å²) >= 11 is 0. The van der Waals surface area contributed by atoms with Crippen molar-refractivity contribution in [1.29, 1.82) is 0 Å². The van der Waals surface area contributed by atoms with Crippen LogP contribution in [0.25, 0.3) is 0 Å². The average molecular weight is 278 g/mol. The number of oxime groups is 1. The van der Waals surface area contributed by atoms with Crippen LogP contribution in [0.5, 0.6) is 0 Å². The molecule has 6 nitrogen and oxygen atoms in total. The molecule has 3 N–H and O–H groups in total. The number of ether oxygens (including phenoxy) is 1. The second kappa shape index (κ2) is 6.09. The van der Waals surface area contributed by atoms with Crippen molar-refractivity contribution in [2.75, 3.05) is 24.7 Å². The lowest BCUT2D eigenvalue weighted by atomic mass is 10.0. The molecule has 0 spiro atoms. The first-order chi connectivity index (χ1) is 9.58. The number of pyridine rings is 1. The van der Waals surface area contributed by atoms with Crippen LogP contribution >= 0.6 is 0 Å². The van der Waals surface area contributed by atoms with Crippen molar-refractivity contribution >= 4 is 11.5 Å². The fourth-order valence-electron chi connectivity index (χ4n) is 2.71. The van der Waals surface area contributed by atoms with Gasteiger partial charge in [-0.25, -0.2) is 0 Å². The normalized spacial score (nSPS) is 20.2. The van der Waals surface area contributed by atoms with Gasteiger partial charge in [-0.1, -0.05) is 12.1 Å². The largest absolute Gasteiger partial charge is 0.409 e. The molecule has 1 aliphatic rings. The number of hydrogen-bond donors (Lipinski definition) is 2. The van der Waals surface area contributed by atoms with Crippen molar-refractivity contribution in [1.82, 2.24) is 4.98 Å². The Morgan fingerprint density at radius 1 is 1.60 bits per heavy atom. The van der Waals surface area contributed by atoms with Gasteiger partial charge < -0.3 is 20.6 Å². The van der Waals surface area contributed by atoms with Gasteiger partial charge in [0.1, 0.15) is 0 Å². The van der Waals surface area contributed by atoms with E-state index in [1.165, 1.54) is 0 Å². The van der Waals surface area contributed by atoms with Gasteiger partial charge in [-0.05, 0) is 26.3 Å². The monoisotopic (exact) mass is 278 g/mol. The molecule has 6 heteroatoms. The lowest BCUT2D eigenvalue weighted by molar-refractivity contribution is 0.0929. The van der Waals surface area contributed by atoms with E-state index in [9.17, 15) is 0 Å². The summed E-state index contributed by atoms with van der Waals surface area (Å²) in [5, 5.41) is 12.2. The first-order valence-corrected chi connectivity index (χ1v) is 6.89. The van der Waals surface area contributed by atoms with E-state index in [1.807, 2.05) is 19.9 Å². The molecule has 110 valence electrons. The van der Waals surface area contributed by atoms with E-state index in [2.05, 4.69) is 22.0 Å². The summed E-state index contributed by atoms with van der Waals surface area (Å²) in [6.07, 6.45) is 0.982. The minimum Gasteiger partial charge on any atom is -0.409 e. The average Bonchev–Trinajstić information content (AvgIpc) is 2.45. The highest BCUT2D eigenvalue weighted by Crippen LogP contribution is 2.28. The summed E-state index contributed by atoms with van der Waals surface area (Å²) in [6, 6.07) is 2.30. The molecule has 20 heavy (non-hydrogen) atoms. The molecule has 2 heterocycles. The van der Waals surface area contributed by atoms with Crippen LogP contribution in [0.4, 0.5) is 5.69 Å². The Hall–Kier alpha value is -1.82. The molecule has 1 atom stereocenters. The molecule has 1 aliphatic heterocycles. The van der Waals surface area contributed by atoms with Crippen LogP contribution in [0.1, 0.15) is 30.3 Å². The summed E-state index contributed by atoms with van der Waals surface area (Å²) in [5.41, 5.74) is 9.22. The van der Waals surface area contributed by atoms with Crippen molar-refractivity contribution in [2.24, 2.45) is 10.9 Å². The van der Waals surface area contributed by atoms with Gasteiger partial charge in [0, 0.05) is 12.2 Å². The molecule has 0 aliphatic carbocycles. The summed E-state index contributed by atoms with van der Waals surface area (Å²) < 4.78 is 5.54. The SMILES string of the molecule is CCC1COCCN1c1cc(C)nc(C)c1/C(N)=N/O. The van der Waals surface area contributed by atoms with E-state index < -0.39 is 0 Å². The Bertz CT molecular complexity index is 516. The highest BCUT2D eigenvalue weighted by atomic mass is 16.5. The Kier molecular flexibility index (Phi) is 4.44. The molecular formula is C14H22N4O2. The van der Waals surface area contributed by atoms with Crippen LogP contribution in [0.2, 0.25) is 0 Å². The first kappa shape index (κ1) is 14.6. The van der Waals surface area contributed by atoms with Crippen molar-refractivity contribution in [3.05, 3.63) is 23.0 Å². The lowest BCUT2D eigenvalue weighted by Crippen LogP contribution is -2.46. The summed E-state index contributed by atoms with van der Waals surface area (Å²) in [5.74, 6) is 0.103. The van der Waals surface area contributed by atoms with Gasteiger partial charge >= 0.3 is 0 Å². The number of nitrogens with zero attached hydrogens (tertiary/aromatic N) is 3. The highest BCUT2D eigenvalue weighted by Gasteiger charge is 2.26. The third-order valence-electron chi connectivity index (χ3n) is 3.68. The van der Waals surface area contributed by atoms with Gasteiger partial charge in [-0.3, -0.25) is 4.98 Å². The smallest absolute Gasteiger partial charge is 0.174 e. The number of aromatic nitrogens is 1. The molecule has 1 unspecified atom stereocenters. The van der Waals surface area contributed by atoms with Crippen molar-refractivity contribution in [3.8, 4) is 0 Å². The number of hydrogen-bond acceptors (Lipinski definition) is 5. The quantitative estimate of drug-likeness (QED) is 0.378. The zero-order valence-corrected chi connectivity index (χ0v) is 12.3. The molecule has 2 rings (SSSR count). The van der Waals surface area contributed by atoms with E-state index in [4.69, 9.17) is 15.7 Å². The van der Waals surface area contributed by atoms with E-state index in [0.717, 1.165) is 30.0 Å². The maximum Gasteiger partial charge on any atom is 0.174 e. The van der Waals surface area contributed by atoms with Gasteiger partial charge in [0.15, 0.2) is 5.84 Å². The number of rotatable bonds is 3. The molecule has 0 saturated carbocycles. The van der Waals surface area contributed by atoms with Crippen LogP contribution in [-0.2, 0) is 4.74 Å². The number of nitrogens with two attached hydrogens (primary N) is 1. The summed E-state index contributed by atoms with van der Waals surface area (Å²) in [6.45, 7) is 8.15. The predicted molar refractivity (Wildman–Crippen MR) is 78.5 cm³/mol. The topological polar surface area (TPSA) is 84.0 Å². The molecule has 1 aromatic heterocycles. The maximum absolute atomic E-state index is 9.02. The fourth-order valence-corrected chi connectivity index (χ4v) is 2.71. The number of morpholine rings is 1. The molecular weight excluding hydrogens is 256 g/mol. The van der Waals surface area contributed by atoms with Crippen LogP contribution in [0, 0.1) is 13.8 Å². The molecule has 1 saturated heterocycles. The Balaban J connectivity index is 2.53. The van der Waals surface area contributed by atoms with Crippen molar-refractivity contribution in [2.45, 2.75) is 33.2 Å². The molecule has 1 fully saturated rings.